The number of benzene rings is 2. The summed E-state index contributed by atoms with van der Waals surface area (Å²) in [7, 11) is -0.771. The first-order valence-electron chi connectivity index (χ1n) is 8.86. The maximum Gasteiger partial charge on any atom is 0.417 e. The molecule has 0 aromatic heterocycles. The first-order valence-corrected chi connectivity index (χ1v) is 10.7. The van der Waals surface area contributed by atoms with Crippen molar-refractivity contribution in [1.82, 2.24) is 9.21 Å². The maximum absolute atomic E-state index is 13.0. The van der Waals surface area contributed by atoms with E-state index in [1.54, 1.807) is 6.07 Å². The molecule has 1 heterocycles. The Morgan fingerprint density at radius 2 is 1.83 bits per heavy atom. The van der Waals surface area contributed by atoms with Gasteiger partial charge >= 0.3 is 12.2 Å². The zero-order valence-corrected chi connectivity index (χ0v) is 17.7. The van der Waals surface area contributed by atoms with Crippen LogP contribution in [-0.4, -0.2) is 44.3 Å². The first kappa shape index (κ1) is 22.4. The molecule has 2 aromatic carbocycles. The normalized spacial score (nSPS) is 14.6. The molecule has 0 bridgehead atoms. The van der Waals surface area contributed by atoms with Crippen LogP contribution in [0.5, 0.6) is 0 Å². The molecule has 30 heavy (non-hydrogen) atoms. The fraction of sp³-hybridized carbons (Fsp3) is 0.316. The van der Waals surface area contributed by atoms with E-state index in [-0.39, 0.29) is 17.1 Å². The quantitative estimate of drug-likeness (QED) is 0.744. The highest BCUT2D eigenvalue weighted by molar-refractivity contribution is 7.89. The number of anilines is 1. The van der Waals surface area contributed by atoms with Gasteiger partial charge in [0.1, 0.15) is 0 Å². The van der Waals surface area contributed by atoms with E-state index in [0.29, 0.717) is 18.5 Å². The fourth-order valence-corrected chi connectivity index (χ4v) is 4.28. The topological polar surface area (TPSA) is 69.7 Å². The fourth-order valence-electron chi connectivity index (χ4n) is 3.10. The van der Waals surface area contributed by atoms with E-state index in [9.17, 15) is 26.4 Å². The third-order valence-corrected chi connectivity index (χ3v) is 6.92. The average molecular weight is 462 g/mol. The second-order valence-corrected chi connectivity index (χ2v) is 9.57. The van der Waals surface area contributed by atoms with Gasteiger partial charge in [0, 0.05) is 32.9 Å². The SMILES string of the molecule is CN(C)S(=O)(=O)c1ccc2c(c1)CN(C(=O)Nc1ccc(Cl)c(C(F)(F)F)c1)CC2. The molecule has 11 heteroatoms. The molecule has 0 aliphatic carbocycles. The number of carbonyl (C=O) groups excluding carboxylic acids is 1. The van der Waals surface area contributed by atoms with Crippen LogP contribution in [0.2, 0.25) is 5.02 Å². The smallest absolute Gasteiger partial charge is 0.320 e. The summed E-state index contributed by atoms with van der Waals surface area (Å²) in [5, 5.41) is 1.99. The van der Waals surface area contributed by atoms with E-state index in [2.05, 4.69) is 5.32 Å². The molecule has 2 aromatic rings. The van der Waals surface area contributed by atoms with Gasteiger partial charge in [-0.2, -0.15) is 13.2 Å². The van der Waals surface area contributed by atoms with Crippen LogP contribution in [0.4, 0.5) is 23.7 Å². The van der Waals surface area contributed by atoms with Gasteiger partial charge in [-0.1, -0.05) is 17.7 Å². The molecule has 0 saturated carbocycles. The van der Waals surface area contributed by atoms with Gasteiger partial charge in [-0.3, -0.25) is 0 Å². The minimum Gasteiger partial charge on any atom is -0.320 e. The molecule has 0 saturated heterocycles. The van der Waals surface area contributed by atoms with E-state index >= 15 is 0 Å². The lowest BCUT2D eigenvalue weighted by Crippen LogP contribution is -2.39. The van der Waals surface area contributed by atoms with Crippen LogP contribution in [-0.2, 0) is 29.2 Å². The van der Waals surface area contributed by atoms with Crippen molar-refractivity contribution in [3.63, 3.8) is 0 Å². The van der Waals surface area contributed by atoms with E-state index in [4.69, 9.17) is 11.6 Å². The largest absolute Gasteiger partial charge is 0.417 e. The predicted molar refractivity (Wildman–Crippen MR) is 107 cm³/mol. The lowest BCUT2D eigenvalue weighted by Gasteiger charge is -2.29. The molecule has 1 aliphatic rings. The standard InChI is InChI=1S/C19H19ClF3N3O3S/c1-25(2)30(28,29)15-5-3-12-7-8-26(11-13(12)9-15)18(27)24-14-4-6-17(20)16(10-14)19(21,22)23/h3-6,9-10H,7-8,11H2,1-2H3,(H,24,27). The highest BCUT2D eigenvalue weighted by Crippen LogP contribution is 2.36. The van der Waals surface area contributed by atoms with Crippen LogP contribution in [0.25, 0.3) is 0 Å². The van der Waals surface area contributed by atoms with Gasteiger partial charge in [-0.05, 0) is 47.9 Å². The Labute approximate surface area is 177 Å². The zero-order chi connectivity index (χ0) is 22.3. The van der Waals surface area contributed by atoms with Crippen LogP contribution in [0, 0.1) is 0 Å². The number of fused-ring (bicyclic) bond motifs is 1. The molecule has 0 fully saturated rings. The Morgan fingerprint density at radius 1 is 1.13 bits per heavy atom. The third kappa shape index (κ3) is 4.55. The van der Waals surface area contributed by atoms with E-state index < -0.39 is 32.8 Å². The number of carbonyl (C=O) groups is 1. The second-order valence-electron chi connectivity index (χ2n) is 7.01. The van der Waals surface area contributed by atoms with Gasteiger partial charge in [-0.25, -0.2) is 17.5 Å². The molecule has 6 nitrogen and oxygen atoms in total. The van der Waals surface area contributed by atoms with Crippen molar-refractivity contribution >= 4 is 33.3 Å². The summed E-state index contributed by atoms with van der Waals surface area (Å²) in [5.74, 6) is 0. The summed E-state index contributed by atoms with van der Waals surface area (Å²) in [5.41, 5.74) is 0.518. The number of halogens is 4. The summed E-state index contributed by atoms with van der Waals surface area (Å²) in [6.07, 6.45) is -4.14. The molecular formula is C19H19ClF3N3O3S. The minimum absolute atomic E-state index is 0.0357. The van der Waals surface area contributed by atoms with E-state index in [0.717, 1.165) is 22.0 Å². The number of alkyl halides is 3. The molecule has 0 atom stereocenters. The first-order chi connectivity index (χ1) is 13.9. The number of nitrogens with one attached hydrogen (secondary N) is 1. The van der Waals surface area contributed by atoms with Gasteiger partial charge < -0.3 is 10.2 Å². The monoisotopic (exact) mass is 461 g/mol. The lowest BCUT2D eigenvalue weighted by molar-refractivity contribution is -0.137. The number of hydrogen-bond acceptors (Lipinski definition) is 3. The zero-order valence-electron chi connectivity index (χ0n) is 16.1. The van der Waals surface area contributed by atoms with Gasteiger partial charge in [0.05, 0.1) is 15.5 Å². The van der Waals surface area contributed by atoms with E-state index in [1.807, 2.05) is 0 Å². The Morgan fingerprint density at radius 3 is 2.47 bits per heavy atom. The van der Waals surface area contributed by atoms with Gasteiger partial charge in [0.2, 0.25) is 10.0 Å². The molecule has 2 amide bonds. The van der Waals surface area contributed by atoms with Crippen LogP contribution in [0.3, 0.4) is 0 Å². The molecule has 1 aliphatic heterocycles. The summed E-state index contributed by atoms with van der Waals surface area (Å²) in [4.78, 5) is 14.1. The average Bonchev–Trinajstić information content (AvgIpc) is 2.67. The van der Waals surface area contributed by atoms with Crippen LogP contribution < -0.4 is 5.32 Å². The summed E-state index contributed by atoms with van der Waals surface area (Å²) in [6.45, 7) is 0.482. The van der Waals surface area contributed by atoms with Crippen molar-refractivity contribution in [1.29, 1.82) is 0 Å². The van der Waals surface area contributed by atoms with Crippen molar-refractivity contribution in [2.75, 3.05) is 26.0 Å². The van der Waals surface area contributed by atoms with E-state index in [1.165, 1.54) is 37.2 Å². The Hall–Kier alpha value is -2.30. The third-order valence-electron chi connectivity index (χ3n) is 4.78. The number of urea groups is 1. The molecule has 1 N–H and O–H groups in total. The summed E-state index contributed by atoms with van der Waals surface area (Å²) in [6, 6.07) is 7.32. The number of hydrogen-bond donors (Lipinski definition) is 1. The van der Waals surface area contributed by atoms with Crippen molar-refractivity contribution in [3.05, 3.63) is 58.1 Å². The van der Waals surface area contributed by atoms with Crippen molar-refractivity contribution < 1.29 is 26.4 Å². The molecule has 162 valence electrons. The predicted octanol–water partition coefficient (Wildman–Crippen LogP) is 4.20. The van der Waals surface area contributed by atoms with Gasteiger partial charge in [0.15, 0.2) is 0 Å². The number of sulfonamides is 1. The van der Waals surface area contributed by atoms with Crippen LogP contribution >= 0.6 is 11.6 Å². The van der Waals surface area contributed by atoms with Crippen LogP contribution in [0.15, 0.2) is 41.3 Å². The Balaban J connectivity index is 1.79. The second kappa shape index (κ2) is 8.09. The van der Waals surface area contributed by atoms with Crippen molar-refractivity contribution in [2.24, 2.45) is 0 Å². The highest BCUT2D eigenvalue weighted by Gasteiger charge is 2.33. The van der Waals surface area contributed by atoms with Crippen molar-refractivity contribution in [2.45, 2.75) is 24.0 Å². The molecular weight excluding hydrogens is 443 g/mol. The molecule has 0 radical (unpaired) electrons. The van der Waals surface area contributed by atoms with Crippen molar-refractivity contribution in [3.8, 4) is 0 Å². The molecule has 0 unspecified atom stereocenters. The maximum atomic E-state index is 13.0. The van der Waals surface area contributed by atoms with Gasteiger partial charge in [-0.15, -0.1) is 0 Å². The molecule has 3 rings (SSSR count). The van der Waals surface area contributed by atoms with Gasteiger partial charge in [0.25, 0.3) is 0 Å². The van der Waals surface area contributed by atoms with Crippen LogP contribution in [0.1, 0.15) is 16.7 Å². The Kier molecular flexibility index (Phi) is 6.03. The summed E-state index contributed by atoms with van der Waals surface area (Å²) < 4.78 is 64.8. The Bertz CT molecular complexity index is 1090. The summed E-state index contributed by atoms with van der Waals surface area (Å²) >= 11 is 5.60. The lowest BCUT2D eigenvalue weighted by atomic mass is 10.0. The molecule has 0 spiro atoms. The minimum atomic E-state index is -4.64. The number of amides is 2. The highest BCUT2D eigenvalue weighted by atomic mass is 35.5. The number of rotatable bonds is 3. The number of nitrogens with zero attached hydrogens (tertiary/aromatic N) is 2.